The number of hydrogen-bond acceptors (Lipinski definition) is 1. The van der Waals surface area contributed by atoms with Crippen molar-refractivity contribution in [2.24, 2.45) is 5.41 Å². The Bertz CT molecular complexity index is 443. The van der Waals surface area contributed by atoms with E-state index in [1.165, 1.54) is 6.07 Å². The lowest BCUT2D eigenvalue weighted by atomic mass is 9.85. The molecular formula is C13H17BrFNO2. The Kier molecular flexibility index (Phi) is 4.73. The first-order chi connectivity index (χ1) is 8.19. The highest BCUT2D eigenvalue weighted by atomic mass is 79.9. The summed E-state index contributed by atoms with van der Waals surface area (Å²) in [5, 5.41) is 11.2. The Balaban J connectivity index is 3.05. The van der Waals surface area contributed by atoms with Crippen LogP contribution >= 0.6 is 15.9 Å². The van der Waals surface area contributed by atoms with Crippen molar-refractivity contribution in [2.45, 2.75) is 33.2 Å². The summed E-state index contributed by atoms with van der Waals surface area (Å²) in [4.78, 5) is 10.8. The van der Waals surface area contributed by atoms with Crippen LogP contribution in [0.15, 0.2) is 22.7 Å². The van der Waals surface area contributed by atoms with E-state index in [1.807, 2.05) is 20.8 Å². The van der Waals surface area contributed by atoms with Crippen molar-refractivity contribution in [1.29, 1.82) is 0 Å². The van der Waals surface area contributed by atoms with Crippen molar-refractivity contribution in [3.05, 3.63) is 34.1 Å². The molecule has 0 aliphatic rings. The normalized spacial score (nSPS) is 13.2. The van der Waals surface area contributed by atoms with Crippen molar-refractivity contribution in [1.82, 2.24) is 5.32 Å². The number of rotatable bonds is 3. The summed E-state index contributed by atoms with van der Waals surface area (Å²) in [6.45, 7) is 5.96. The van der Waals surface area contributed by atoms with E-state index in [2.05, 4.69) is 21.2 Å². The largest absolute Gasteiger partial charge is 0.465 e. The van der Waals surface area contributed by atoms with Crippen molar-refractivity contribution < 1.29 is 14.3 Å². The van der Waals surface area contributed by atoms with Crippen LogP contribution in [-0.2, 0) is 0 Å². The molecule has 1 rings (SSSR count). The Labute approximate surface area is 115 Å². The van der Waals surface area contributed by atoms with Crippen LogP contribution in [0.1, 0.15) is 38.8 Å². The third kappa shape index (κ3) is 4.64. The average molecular weight is 318 g/mol. The van der Waals surface area contributed by atoms with Gasteiger partial charge in [0, 0.05) is 10.0 Å². The molecule has 0 saturated heterocycles. The SMILES string of the molecule is CC(C)(C)C[C@@H](NC(=O)O)c1ccc(Br)cc1F. The second-order valence-electron chi connectivity index (χ2n) is 5.43. The van der Waals surface area contributed by atoms with E-state index in [4.69, 9.17) is 5.11 Å². The standard InChI is InChI=1S/C13H17BrFNO2/c1-13(2,3)7-11(16-12(17)18)9-5-4-8(14)6-10(9)15/h4-6,11,16H,7H2,1-3H3,(H,17,18)/t11-/m1/s1. The summed E-state index contributed by atoms with van der Waals surface area (Å²) in [5.74, 6) is -0.410. The van der Waals surface area contributed by atoms with Crippen LogP contribution in [-0.4, -0.2) is 11.2 Å². The second-order valence-corrected chi connectivity index (χ2v) is 6.35. The van der Waals surface area contributed by atoms with Gasteiger partial charge in [-0.3, -0.25) is 0 Å². The fourth-order valence-electron chi connectivity index (χ4n) is 1.78. The Morgan fingerprint density at radius 1 is 1.50 bits per heavy atom. The molecule has 100 valence electrons. The zero-order valence-electron chi connectivity index (χ0n) is 10.6. The number of carboxylic acid groups (broad SMARTS) is 1. The van der Waals surface area contributed by atoms with E-state index in [0.29, 0.717) is 16.5 Å². The second kappa shape index (κ2) is 5.69. The number of amides is 1. The lowest BCUT2D eigenvalue weighted by Gasteiger charge is -2.26. The van der Waals surface area contributed by atoms with Crippen LogP contribution in [0.5, 0.6) is 0 Å². The van der Waals surface area contributed by atoms with Crippen LogP contribution in [0.2, 0.25) is 0 Å². The van der Waals surface area contributed by atoms with Crippen LogP contribution < -0.4 is 5.32 Å². The first kappa shape index (κ1) is 15.0. The molecule has 0 spiro atoms. The van der Waals surface area contributed by atoms with Gasteiger partial charge in [0.2, 0.25) is 0 Å². The van der Waals surface area contributed by atoms with Gasteiger partial charge < -0.3 is 10.4 Å². The highest BCUT2D eigenvalue weighted by Gasteiger charge is 2.24. The number of nitrogens with one attached hydrogen (secondary N) is 1. The maximum absolute atomic E-state index is 13.9. The molecule has 1 amide bonds. The van der Waals surface area contributed by atoms with E-state index in [-0.39, 0.29) is 5.41 Å². The molecule has 0 unspecified atom stereocenters. The smallest absolute Gasteiger partial charge is 0.405 e. The molecule has 3 nitrogen and oxygen atoms in total. The molecule has 0 aliphatic heterocycles. The molecule has 0 aromatic heterocycles. The summed E-state index contributed by atoms with van der Waals surface area (Å²) in [6, 6.07) is 4.10. The zero-order chi connectivity index (χ0) is 13.9. The molecule has 1 atom stereocenters. The summed E-state index contributed by atoms with van der Waals surface area (Å²) in [7, 11) is 0. The van der Waals surface area contributed by atoms with Crippen LogP contribution in [0.25, 0.3) is 0 Å². The molecule has 0 saturated carbocycles. The summed E-state index contributed by atoms with van der Waals surface area (Å²) < 4.78 is 14.5. The van der Waals surface area contributed by atoms with Gasteiger partial charge in [0.15, 0.2) is 0 Å². The average Bonchev–Trinajstić information content (AvgIpc) is 2.12. The first-order valence-electron chi connectivity index (χ1n) is 5.63. The number of carbonyl (C=O) groups is 1. The molecule has 1 aromatic carbocycles. The predicted molar refractivity (Wildman–Crippen MR) is 72.1 cm³/mol. The molecule has 2 N–H and O–H groups in total. The monoisotopic (exact) mass is 317 g/mol. The number of hydrogen-bond donors (Lipinski definition) is 2. The maximum Gasteiger partial charge on any atom is 0.405 e. The summed E-state index contributed by atoms with van der Waals surface area (Å²) >= 11 is 3.18. The number of halogens is 2. The highest BCUT2D eigenvalue weighted by Crippen LogP contribution is 2.31. The lowest BCUT2D eigenvalue weighted by Crippen LogP contribution is -2.30. The molecule has 5 heteroatoms. The van der Waals surface area contributed by atoms with Crippen LogP contribution in [0.4, 0.5) is 9.18 Å². The molecule has 0 heterocycles. The van der Waals surface area contributed by atoms with Gasteiger partial charge in [0.1, 0.15) is 5.82 Å². The van der Waals surface area contributed by atoms with Gasteiger partial charge in [-0.25, -0.2) is 9.18 Å². The van der Waals surface area contributed by atoms with Gasteiger partial charge in [0.25, 0.3) is 0 Å². The minimum atomic E-state index is -1.15. The third-order valence-electron chi connectivity index (χ3n) is 2.45. The maximum atomic E-state index is 13.9. The van der Waals surface area contributed by atoms with Crippen molar-refractivity contribution in [3.8, 4) is 0 Å². The molecular weight excluding hydrogens is 301 g/mol. The van der Waals surface area contributed by atoms with E-state index in [9.17, 15) is 9.18 Å². The highest BCUT2D eigenvalue weighted by molar-refractivity contribution is 9.10. The topological polar surface area (TPSA) is 49.3 Å². The summed E-state index contributed by atoms with van der Waals surface area (Å²) in [5.41, 5.74) is 0.266. The van der Waals surface area contributed by atoms with E-state index in [1.54, 1.807) is 12.1 Å². The zero-order valence-corrected chi connectivity index (χ0v) is 12.2. The molecule has 18 heavy (non-hydrogen) atoms. The van der Waals surface area contributed by atoms with Crippen LogP contribution in [0.3, 0.4) is 0 Å². The Hall–Kier alpha value is -1.10. The van der Waals surface area contributed by atoms with Crippen molar-refractivity contribution in [3.63, 3.8) is 0 Å². The molecule has 0 aliphatic carbocycles. The molecule has 0 fully saturated rings. The van der Waals surface area contributed by atoms with Gasteiger partial charge in [-0.2, -0.15) is 0 Å². The lowest BCUT2D eigenvalue weighted by molar-refractivity contribution is 0.184. The Morgan fingerprint density at radius 2 is 2.11 bits per heavy atom. The van der Waals surface area contributed by atoms with E-state index < -0.39 is 18.0 Å². The quantitative estimate of drug-likeness (QED) is 0.871. The first-order valence-corrected chi connectivity index (χ1v) is 6.43. The minimum Gasteiger partial charge on any atom is -0.465 e. The van der Waals surface area contributed by atoms with Crippen molar-refractivity contribution in [2.75, 3.05) is 0 Å². The molecule has 0 bridgehead atoms. The van der Waals surface area contributed by atoms with Gasteiger partial charge in [-0.05, 0) is 24.0 Å². The molecule has 1 aromatic rings. The summed E-state index contributed by atoms with van der Waals surface area (Å²) in [6.07, 6.45) is -0.621. The van der Waals surface area contributed by atoms with Gasteiger partial charge in [-0.15, -0.1) is 0 Å². The van der Waals surface area contributed by atoms with E-state index >= 15 is 0 Å². The number of benzene rings is 1. The van der Waals surface area contributed by atoms with Gasteiger partial charge in [-0.1, -0.05) is 42.8 Å². The fourth-order valence-corrected chi connectivity index (χ4v) is 2.12. The predicted octanol–water partition coefficient (Wildman–Crippen LogP) is 4.33. The minimum absolute atomic E-state index is 0.105. The van der Waals surface area contributed by atoms with Crippen molar-refractivity contribution >= 4 is 22.0 Å². The van der Waals surface area contributed by atoms with Gasteiger partial charge >= 0.3 is 6.09 Å². The molecule has 0 radical (unpaired) electrons. The van der Waals surface area contributed by atoms with Crippen LogP contribution in [0, 0.1) is 11.2 Å². The fraction of sp³-hybridized carbons (Fsp3) is 0.462. The Morgan fingerprint density at radius 3 is 2.56 bits per heavy atom. The van der Waals surface area contributed by atoms with E-state index in [0.717, 1.165) is 0 Å². The van der Waals surface area contributed by atoms with Gasteiger partial charge in [0.05, 0.1) is 6.04 Å². The third-order valence-corrected chi connectivity index (χ3v) is 2.95.